The number of nitrogens with one attached hydrogen (secondary N) is 1. The second-order valence-corrected chi connectivity index (χ2v) is 6.40. The van der Waals surface area contributed by atoms with Gasteiger partial charge in [-0.25, -0.2) is 4.79 Å². The van der Waals surface area contributed by atoms with Crippen molar-refractivity contribution >= 4 is 40.8 Å². The SMILES string of the molecule is CC(C)Oc1cc(NC(=O)COC(C)(C)C(=O)O)c(Cl)cc1Cl. The molecule has 0 saturated carbocycles. The lowest BCUT2D eigenvalue weighted by Gasteiger charge is -2.20. The average molecular weight is 364 g/mol. The Morgan fingerprint density at radius 2 is 1.87 bits per heavy atom. The van der Waals surface area contributed by atoms with Crippen LogP contribution in [-0.2, 0) is 14.3 Å². The van der Waals surface area contributed by atoms with Crippen molar-refractivity contribution in [2.75, 3.05) is 11.9 Å². The van der Waals surface area contributed by atoms with Gasteiger partial charge in [-0.3, -0.25) is 4.79 Å². The van der Waals surface area contributed by atoms with E-state index in [1.54, 1.807) is 0 Å². The van der Waals surface area contributed by atoms with E-state index in [-0.39, 0.29) is 11.1 Å². The van der Waals surface area contributed by atoms with Gasteiger partial charge in [0.15, 0.2) is 5.60 Å². The highest BCUT2D eigenvalue weighted by atomic mass is 35.5. The molecule has 0 bridgehead atoms. The van der Waals surface area contributed by atoms with E-state index in [1.165, 1.54) is 26.0 Å². The average Bonchev–Trinajstić information content (AvgIpc) is 2.41. The maximum absolute atomic E-state index is 11.9. The van der Waals surface area contributed by atoms with E-state index in [0.29, 0.717) is 16.5 Å². The molecule has 0 aromatic heterocycles. The number of rotatable bonds is 7. The fourth-order valence-electron chi connectivity index (χ4n) is 1.46. The van der Waals surface area contributed by atoms with Crippen LogP contribution in [0.15, 0.2) is 12.1 Å². The van der Waals surface area contributed by atoms with Gasteiger partial charge in [0.25, 0.3) is 0 Å². The van der Waals surface area contributed by atoms with Gasteiger partial charge in [-0.2, -0.15) is 0 Å². The van der Waals surface area contributed by atoms with E-state index in [2.05, 4.69) is 5.32 Å². The lowest BCUT2D eigenvalue weighted by Crippen LogP contribution is -2.37. The molecule has 0 fully saturated rings. The minimum Gasteiger partial charge on any atom is -0.489 e. The topological polar surface area (TPSA) is 84.9 Å². The van der Waals surface area contributed by atoms with Crippen LogP contribution in [0.25, 0.3) is 0 Å². The molecule has 128 valence electrons. The maximum Gasteiger partial charge on any atom is 0.335 e. The fourth-order valence-corrected chi connectivity index (χ4v) is 1.94. The monoisotopic (exact) mass is 363 g/mol. The first-order valence-electron chi connectivity index (χ1n) is 6.86. The lowest BCUT2D eigenvalue weighted by molar-refractivity contribution is -0.162. The highest BCUT2D eigenvalue weighted by molar-refractivity contribution is 6.37. The Labute approximate surface area is 144 Å². The summed E-state index contributed by atoms with van der Waals surface area (Å²) in [6.45, 7) is 5.95. The summed E-state index contributed by atoms with van der Waals surface area (Å²) in [4.78, 5) is 22.8. The predicted octanol–water partition coefficient (Wildman–Crippen LogP) is 3.60. The van der Waals surface area contributed by atoms with Crippen LogP contribution in [0.3, 0.4) is 0 Å². The van der Waals surface area contributed by atoms with Crippen LogP contribution in [0.5, 0.6) is 5.75 Å². The standard InChI is InChI=1S/C15H19Cl2NO5/c1-8(2)23-12-6-11(9(16)5-10(12)17)18-13(19)7-22-15(3,4)14(20)21/h5-6,8H,7H2,1-4H3,(H,18,19)(H,20,21). The number of halogens is 2. The lowest BCUT2D eigenvalue weighted by atomic mass is 10.1. The second-order valence-electron chi connectivity index (χ2n) is 5.58. The summed E-state index contributed by atoms with van der Waals surface area (Å²) in [6, 6.07) is 2.96. The molecular formula is C15H19Cl2NO5. The van der Waals surface area contributed by atoms with Gasteiger partial charge in [-0.15, -0.1) is 0 Å². The molecule has 0 aliphatic carbocycles. The van der Waals surface area contributed by atoms with Gasteiger partial charge in [0.2, 0.25) is 5.91 Å². The summed E-state index contributed by atoms with van der Waals surface area (Å²) in [5.41, 5.74) is -1.17. The predicted molar refractivity (Wildman–Crippen MR) is 88.5 cm³/mol. The van der Waals surface area contributed by atoms with Crippen LogP contribution in [0.2, 0.25) is 10.0 Å². The van der Waals surface area contributed by atoms with Gasteiger partial charge in [-0.1, -0.05) is 23.2 Å². The van der Waals surface area contributed by atoms with E-state index in [1.807, 2.05) is 13.8 Å². The Hall–Kier alpha value is -1.50. The Bertz CT molecular complexity index is 602. The van der Waals surface area contributed by atoms with Crippen LogP contribution in [0.1, 0.15) is 27.7 Å². The van der Waals surface area contributed by atoms with E-state index < -0.39 is 24.1 Å². The number of carbonyl (C=O) groups excluding carboxylic acids is 1. The minimum atomic E-state index is -1.47. The zero-order valence-electron chi connectivity index (χ0n) is 13.3. The molecule has 2 N–H and O–H groups in total. The number of anilines is 1. The summed E-state index contributed by atoms with van der Waals surface area (Å²) in [5, 5.41) is 12.0. The normalized spacial score (nSPS) is 11.4. The number of carboxylic acids is 1. The Balaban J connectivity index is 2.80. The summed E-state index contributed by atoms with van der Waals surface area (Å²) in [7, 11) is 0. The molecule has 0 heterocycles. The highest BCUT2D eigenvalue weighted by Crippen LogP contribution is 2.34. The molecule has 0 aliphatic heterocycles. The largest absolute Gasteiger partial charge is 0.489 e. The van der Waals surface area contributed by atoms with Crippen LogP contribution < -0.4 is 10.1 Å². The van der Waals surface area contributed by atoms with Crippen molar-refractivity contribution in [1.29, 1.82) is 0 Å². The molecule has 1 amide bonds. The Morgan fingerprint density at radius 1 is 1.26 bits per heavy atom. The molecule has 0 atom stereocenters. The van der Waals surface area contributed by atoms with E-state index in [0.717, 1.165) is 0 Å². The molecule has 1 aromatic rings. The summed E-state index contributed by atoms with van der Waals surface area (Å²) in [6.07, 6.45) is -0.100. The summed E-state index contributed by atoms with van der Waals surface area (Å²) in [5.74, 6) is -1.32. The molecule has 1 rings (SSSR count). The zero-order valence-corrected chi connectivity index (χ0v) is 14.8. The van der Waals surface area contributed by atoms with Crippen molar-refractivity contribution in [3.05, 3.63) is 22.2 Å². The summed E-state index contributed by atoms with van der Waals surface area (Å²) >= 11 is 12.1. The second kappa shape index (κ2) is 7.86. The third-order valence-electron chi connectivity index (χ3n) is 2.74. The van der Waals surface area contributed by atoms with Gasteiger partial charge in [-0.05, 0) is 33.8 Å². The van der Waals surface area contributed by atoms with Crippen molar-refractivity contribution in [2.24, 2.45) is 0 Å². The smallest absolute Gasteiger partial charge is 0.335 e. The number of amides is 1. The third kappa shape index (κ3) is 5.89. The Kier molecular flexibility index (Phi) is 6.68. The number of hydrogen-bond acceptors (Lipinski definition) is 4. The molecule has 0 spiro atoms. The molecule has 0 saturated heterocycles. The molecule has 0 aliphatic rings. The van der Waals surface area contributed by atoms with Gasteiger partial charge >= 0.3 is 5.97 Å². The van der Waals surface area contributed by atoms with Crippen LogP contribution >= 0.6 is 23.2 Å². The van der Waals surface area contributed by atoms with Crippen LogP contribution in [0.4, 0.5) is 5.69 Å². The van der Waals surface area contributed by atoms with Gasteiger partial charge in [0.1, 0.15) is 12.4 Å². The first kappa shape index (κ1) is 19.5. The maximum atomic E-state index is 11.9. The number of aliphatic carboxylic acids is 1. The van der Waals surface area contributed by atoms with Gasteiger partial charge in [0.05, 0.1) is 21.8 Å². The molecular weight excluding hydrogens is 345 g/mol. The van der Waals surface area contributed by atoms with Crippen molar-refractivity contribution in [3.63, 3.8) is 0 Å². The fraction of sp³-hybridized carbons (Fsp3) is 0.467. The molecule has 23 heavy (non-hydrogen) atoms. The molecule has 6 nitrogen and oxygen atoms in total. The van der Waals surface area contributed by atoms with Crippen molar-refractivity contribution < 1.29 is 24.2 Å². The quantitative estimate of drug-likeness (QED) is 0.772. The number of carboxylic acid groups (broad SMARTS) is 1. The van der Waals surface area contributed by atoms with Gasteiger partial charge < -0.3 is 19.9 Å². The van der Waals surface area contributed by atoms with Crippen LogP contribution in [-0.4, -0.2) is 35.3 Å². The number of ether oxygens (including phenoxy) is 2. The number of carbonyl (C=O) groups is 2. The van der Waals surface area contributed by atoms with E-state index >= 15 is 0 Å². The van der Waals surface area contributed by atoms with Crippen molar-refractivity contribution in [3.8, 4) is 5.75 Å². The molecule has 0 radical (unpaired) electrons. The van der Waals surface area contributed by atoms with Crippen molar-refractivity contribution in [2.45, 2.75) is 39.4 Å². The number of benzene rings is 1. The minimum absolute atomic E-state index is 0.100. The zero-order chi connectivity index (χ0) is 17.8. The van der Waals surface area contributed by atoms with E-state index in [4.69, 9.17) is 37.8 Å². The Morgan fingerprint density at radius 3 is 2.39 bits per heavy atom. The van der Waals surface area contributed by atoms with Crippen LogP contribution in [0, 0.1) is 0 Å². The highest BCUT2D eigenvalue weighted by Gasteiger charge is 2.28. The molecule has 8 heteroatoms. The first-order valence-corrected chi connectivity index (χ1v) is 7.61. The molecule has 1 aromatic carbocycles. The van der Waals surface area contributed by atoms with E-state index in [9.17, 15) is 9.59 Å². The number of hydrogen-bond donors (Lipinski definition) is 2. The summed E-state index contributed by atoms with van der Waals surface area (Å²) < 4.78 is 10.6. The third-order valence-corrected chi connectivity index (χ3v) is 3.35. The van der Waals surface area contributed by atoms with Crippen molar-refractivity contribution in [1.82, 2.24) is 0 Å². The first-order chi connectivity index (χ1) is 10.5. The molecule has 0 unspecified atom stereocenters. The van der Waals surface area contributed by atoms with Gasteiger partial charge in [0, 0.05) is 6.07 Å².